The van der Waals surface area contributed by atoms with E-state index in [1.54, 1.807) is 0 Å². The molecule has 0 aromatic rings. The molecule has 1 rings (SSSR count). The van der Waals surface area contributed by atoms with Crippen LogP contribution in [0.1, 0.15) is 13.3 Å². The normalized spacial score (nSPS) is 25.4. The molecule has 1 saturated heterocycles. The molecular formula is C11H24N2O2. The molecule has 2 atom stereocenters. The van der Waals surface area contributed by atoms with Crippen molar-refractivity contribution in [3.63, 3.8) is 0 Å². The zero-order valence-electron chi connectivity index (χ0n) is 9.91. The summed E-state index contributed by atoms with van der Waals surface area (Å²) in [4.78, 5) is 2.30. The van der Waals surface area contributed by atoms with Gasteiger partial charge >= 0.3 is 0 Å². The number of likely N-dealkylation sites (N-methyl/N-ethyl adjacent to an activating group) is 1. The van der Waals surface area contributed by atoms with Crippen LogP contribution in [0.2, 0.25) is 0 Å². The molecule has 0 spiro atoms. The van der Waals surface area contributed by atoms with Crippen molar-refractivity contribution in [2.75, 3.05) is 46.4 Å². The monoisotopic (exact) mass is 216 g/mol. The highest BCUT2D eigenvalue weighted by Gasteiger charge is 2.16. The summed E-state index contributed by atoms with van der Waals surface area (Å²) in [6, 6.07) is 0. The zero-order valence-corrected chi connectivity index (χ0v) is 9.91. The SMILES string of the molecule is CC(CCO)CNCC1CN(C)CCO1. The van der Waals surface area contributed by atoms with Crippen LogP contribution in [0.25, 0.3) is 0 Å². The quantitative estimate of drug-likeness (QED) is 0.652. The first kappa shape index (κ1) is 12.9. The van der Waals surface area contributed by atoms with Crippen LogP contribution in [0.15, 0.2) is 0 Å². The van der Waals surface area contributed by atoms with Crippen LogP contribution in [-0.2, 0) is 4.74 Å². The third kappa shape index (κ3) is 5.47. The van der Waals surface area contributed by atoms with Gasteiger partial charge < -0.3 is 20.1 Å². The van der Waals surface area contributed by atoms with Gasteiger partial charge in [-0.3, -0.25) is 0 Å². The molecule has 0 aromatic carbocycles. The predicted molar refractivity (Wildman–Crippen MR) is 61.0 cm³/mol. The van der Waals surface area contributed by atoms with E-state index in [4.69, 9.17) is 9.84 Å². The minimum Gasteiger partial charge on any atom is -0.396 e. The second kappa shape index (κ2) is 7.17. The highest BCUT2D eigenvalue weighted by Crippen LogP contribution is 2.02. The lowest BCUT2D eigenvalue weighted by atomic mass is 10.1. The lowest BCUT2D eigenvalue weighted by Gasteiger charge is -2.30. The minimum absolute atomic E-state index is 0.283. The van der Waals surface area contributed by atoms with Gasteiger partial charge in [-0.05, 0) is 25.9 Å². The molecule has 4 nitrogen and oxygen atoms in total. The molecule has 1 heterocycles. The van der Waals surface area contributed by atoms with Crippen LogP contribution < -0.4 is 5.32 Å². The first-order valence-corrected chi connectivity index (χ1v) is 5.84. The van der Waals surface area contributed by atoms with Gasteiger partial charge in [0.25, 0.3) is 0 Å². The molecular weight excluding hydrogens is 192 g/mol. The number of rotatable bonds is 6. The summed E-state index contributed by atoms with van der Waals surface area (Å²) in [6.45, 7) is 7.21. The lowest BCUT2D eigenvalue weighted by Crippen LogP contribution is -2.45. The molecule has 0 saturated carbocycles. The van der Waals surface area contributed by atoms with Gasteiger partial charge in [0.05, 0.1) is 12.7 Å². The van der Waals surface area contributed by atoms with Crippen molar-refractivity contribution in [3.8, 4) is 0 Å². The van der Waals surface area contributed by atoms with E-state index in [1.807, 2.05) is 0 Å². The van der Waals surface area contributed by atoms with Crippen molar-refractivity contribution in [1.82, 2.24) is 10.2 Å². The van der Waals surface area contributed by atoms with E-state index in [0.717, 1.165) is 39.2 Å². The van der Waals surface area contributed by atoms with E-state index >= 15 is 0 Å². The van der Waals surface area contributed by atoms with Crippen LogP contribution in [0.3, 0.4) is 0 Å². The fourth-order valence-electron chi connectivity index (χ4n) is 1.80. The Hall–Kier alpha value is -0.160. The van der Waals surface area contributed by atoms with E-state index in [9.17, 15) is 0 Å². The largest absolute Gasteiger partial charge is 0.396 e. The van der Waals surface area contributed by atoms with Crippen molar-refractivity contribution in [2.24, 2.45) is 5.92 Å². The number of nitrogens with one attached hydrogen (secondary N) is 1. The number of hydrogen-bond acceptors (Lipinski definition) is 4. The Labute approximate surface area is 92.6 Å². The van der Waals surface area contributed by atoms with Gasteiger partial charge in [0.1, 0.15) is 0 Å². The van der Waals surface area contributed by atoms with Crippen LogP contribution in [0.5, 0.6) is 0 Å². The Bertz CT molecular complexity index is 167. The Kier molecular flexibility index (Phi) is 6.17. The third-order valence-corrected chi connectivity index (χ3v) is 2.83. The molecule has 0 aliphatic carbocycles. The minimum atomic E-state index is 0.283. The van der Waals surface area contributed by atoms with E-state index in [2.05, 4.69) is 24.2 Å². The highest BCUT2D eigenvalue weighted by atomic mass is 16.5. The molecule has 2 N–H and O–H groups in total. The predicted octanol–water partition coefficient (Wildman–Crippen LogP) is -0.0749. The molecule has 4 heteroatoms. The van der Waals surface area contributed by atoms with Crippen LogP contribution >= 0.6 is 0 Å². The fourth-order valence-corrected chi connectivity index (χ4v) is 1.80. The van der Waals surface area contributed by atoms with Crippen molar-refractivity contribution in [2.45, 2.75) is 19.4 Å². The van der Waals surface area contributed by atoms with E-state index in [-0.39, 0.29) is 6.61 Å². The summed E-state index contributed by atoms with van der Waals surface area (Å²) >= 11 is 0. The van der Waals surface area contributed by atoms with Crippen LogP contribution in [-0.4, -0.2) is 62.6 Å². The summed E-state index contributed by atoms with van der Waals surface area (Å²) in [6.07, 6.45) is 1.20. The van der Waals surface area contributed by atoms with Crippen molar-refractivity contribution >= 4 is 0 Å². The van der Waals surface area contributed by atoms with Crippen LogP contribution in [0, 0.1) is 5.92 Å². The fraction of sp³-hybridized carbons (Fsp3) is 1.00. The Balaban J connectivity index is 2.03. The first-order valence-electron chi connectivity index (χ1n) is 5.84. The molecule has 2 unspecified atom stereocenters. The first-order chi connectivity index (χ1) is 7.22. The molecule has 0 aromatic heterocycles. The van der Waals surface area contributed by atoms with E-state index < -0.39 is 0 Å². The topological polar surface area (TPSA) is 44.7 Å². The second-order valence-corrected chi connectivity index (χ2v) is 4.53. The Morgan fingerprint density at radius 1 is 1.60 bits per heavy atom. The highest BCUT2D eigenvalue weighted by molar-refractivity contribution is 4.71. The second-order valence-electron chi connectivity index (χ2n) is 4.53. The Morgan fingerprint density at radius 3 is 3.07 bits per heavy atom. The van der Waals surface area contributed by atoms with Gasteiger partial charge in [0, 0.05) is 26.2 Å². The summed E-state index contributed by atoms with van der Waals surface area (Å²) < 4.78 is 5.64. The van der Waals surface area contributed by atoms with Crippen molar-refractivity contribution < 1.29 is 9.84 Å². The Morgan fingerprint density at radius 2 is 2.40 bits per heavy atom. The number of nitrogens with zero attached hydrogens (tertiary/aromatic N) is 1. The maximum atomic E-state index is 8.76. The van der Waals surface area contributed by atoms with Gasteiger partial charge in [-0.15, -0.1) is 0 Å². The number of morpholine rings is 1. The molecule has 0 bridgehead atoms. The molecule has 1 aliphatic rings. The van der Waals surface area contributed by atoms with Gasteiger partial charge in [0.2, 0.25) is 0 Å². The molecule has 15 heavy (non-hydrogen) atoms. The van der Waals surface area contributed by atoms with Crippen molar-refractivity contribution in [1.29, 1.82) is 0 Å². The molecule has 1 fully saturated rings. The zero-order chi connectivity index (χ0) is 11.1. The van der Waals surface area contributed by atoms with Gasteiger partial charge in [0.15, 0.2) is 0 Å². The smallest absolute Gasteiger partial charge is 0.0826 e. The summed E-state index contributed by atoms with van der Waals surface area (Å²) in [5.74, 6) is 0.538. The average molecular weight is 216 g/mol. The molecule has 1 aliphatic heterocycles. The number of hydrogen-bond donors (Lipinski definition) is 2. The maximum absolute atomic E-state index is 8.76. The van der Waals surface area contributed by atoms with Crippen molar-refractivity contribution in [3.05, 3.63) is 0 Å². The average Bonchev–Trinajstić information content (AvgIpc) is 2.18. The number of aliphatic hydroxyl groups excluding tert-OH is 1. The molecule has 90 valence electrons. The summed E-state index contributed by atoms with van der Waals surface area (Å²) in [5, 5.41) is 12.2. The van der Waals surface area contributed by atoms with Gasteiger partial charge in [-0.1, -0.05) is 6.92 Å². The van der Waals surface area contributed by atoms with Gasteiger partial charge in [-0.25, -0.2) is 0 Å². The number of aliphatic hydroxyl groups is 1. The summed E-state index contributed by atoms with van der Waals surface area (Å²) in [5.41, 5.74) is 0. The number of ether oxygens (including phenoxy) is 1. The van der Waals surface area contributed by atoms with Crippen LogP contribution in [0.4, 0.5) is 0 Å². The standard InChI is InChI=1S/C11H24N2O2/c1-10(3-5-14)7-12-8-11-9-13(2)4-6-15-11/h10-12,14H,3-9H2,1-2H3. The molecule has 0 radical (unpaired) electrons. The molecule has 0 amide bonds. The third-order valence-electron chi connectivity index (χ3n) is 2.83. The maximum Gasteiger partial charge on any atom is 0.0826 e. The van der Waals surface area contributed by atoms with Gasteiger partial charge in [-0.2, -0.15) is 0 Å². The summed E-state index contributed by atoms with van der Waals surface area (Å²) in [7, 11) is 2.13. The lowest BCUT2D eigenvalue weighted by molar-refractivity contribution is -0.0183. The van der Waals surface area contributed by atoms with E-state index in [1.165, 1.54) is 0 Å². The van der Waals surface area contributed by atoms with E-state index in [0.29, 0.717) is 12.0 Å².